The number of pyridine rings is 1. The summed E-state index contributed by atoms with van der Waals surface area (Å²) in [5.41, 5.74) is 1.67. The van der Waals surface area contributed by atoms with Gasteiger partial charge in [0, 0.05) is 18.0 Å². The maximum absolute atomic E-state index is 13.1. The Hall–Kier alpha value is -2.37. The van der Waals surface area contributed by atoms with Gasteiger partial charge in [0.25, 0.3) is 0 Å². The van der Waals surface area contributed by atoms with Gasteiger partial charge in [0.1, 0.15) is 11.5 Å². The fourth-order valence-electron chi connectivity index (χ4n) is 2.05. The fourth-order valence-corrected chi connectivity index (χ4v) is 2.47. The maximum atomic E-state index is 13.1. The predicted octanol–water partition coefficient (Wildman–Crippen LogP) is 4.43. The fraction of sp³-hybridized carbons (Fsp3) is 0. The molecule has 0 radical (unpaired) electrons. The monoisotopic (exact) mass is 349 g/mol. The average molecular weight is 350 g/mol. The number of hydrogen-bond acceptors (Lipinski definition) is 2. The summed E-state index contributed by atoms with van der Waals surface area (Å²) in [6, 6.07) is 9.44. The second-order valence-electron chi connectivity index (χ2n) is 4.67. The minimum Gasteiger partial charge on any atom is -0.322 e. The van der Waals surface area contributed by atoms with Crippen molar-refractivity contribution in [2.75, 3.05) is 5.32 Å². The first-order valence-corrected chi connectivity index (χ1v) is 7.37. The van der Waals surface area contributed by atoms with E-state index in [0.717, 1.165) is 0 Å². The molecule has 0 aliphatic rings. The van der Waals surface area contributed by atoms with Crippen molar-refractivity contribution in [3.8, 4) is 0 Å². The number of anilines is 1. The zero-order chi connectivity index (χ0) is 16.4. The third-order valence-corrected chi connectivity index (χ3v) is 3.67. The highest BCUT2D eigenvalue weighted by Crippen LogP contribution is 2.20. The third kappa shape index (κ3) is 3.36. The topological polar surface area (TPSA) is 46.4 Å². The Labute approximate surface area is 141 Å². The van der Waals surface area contributed by atoms with Gasteiger partial charge in [0.2, 0.25) is 5.91 Å². The van der Waals surface area contributed by atoms with Gasteiger partial charge < -0.3 is 5.32 Å². The molecule has 0 unspecified atom stereocenters. The molecule has 7 heteroatoms. The van der Waals surface area contributed by atoms with Crippen molar-refractivity contribution >= 4 is 46.5 Å². The number of hydrogen-bond donors (Lipinski definition) is 1. The molecule has 23 heavy (non-hydrogen) atoms. The Morgan fingerprint density at radius 1 is 1.26 bits per heavy atom. The van der Waals surface area contributed by atoms with E-state index in [-0.39, 0.29) is 5.02 Å². The van der Waals surface area contributed by atoms with Crippen LogP contribution < -0.4 is 5.32 Å². The van der Waals surface area contributed by atoms with Gasteiger partial charge in [-0.15, -0.1) is 0 Å². The van der Waals surface area contributed by atoms with Crippen LogP contribution in [0.1, 0.15) is 5.69 Å². The predicted molar refractivity (Wildman–Crippen MR) is 89.3 cm³/mol. The van der Waals surface area contributed by atoms with E-state index in [2.05, 4.69) is 10.3 Å². The van der Waals surface area contributed by atoms with Gasteiger partial charge in [-0.25, -0.2) is 9.37 Å². The molecule has 0 aliphatic heterocycles. The molecule has 4 nitrogen and oxygen atoms in total. The molecule has 116 valence electrons. The van der Waals surface area contributed by atoms with E-state index in [4.69, 9.17) is 23.2 Å². The zero-order valence-electron chi connectivity index (χ0n) is 11.6. The number of rotatable bonds is 3. The van der Waals surface area contributed by atoms with Gasteiger partial charge in [0.05, 0.1) is 10.7 Å². The summed E-state index contributed by atoms with van der Waals surface area (Å²) in [5.74, 6) is -0.938. The van der Waals surface area contributed by atoms with E-state index < -0.39 is 11.7 Å². The maximum Gasteiger partial charge on any atom is 0.248 e. The van der Waals surface area contributed by atoms with Crippen molar-refractivity contribution in [1.29, 1.82) is 0 Å². The first-order chi connectivity index (χ1) is 11.0. The standard InChI is InChI=1S/C16H10Cl2FN3O/c17-11-9-10(4-5-12(11)19)20-15(23)7-6-13-16(18)21-14-3-1-2-8-22(13)14/h1-9H,(H,20,23)/b7-6+. The lowest BCUT2D eigenvalue weighted by atomic mass is 10.3. The van der Waals surface area contributed by atoms with Crippen LogP contribution in [-0.2, 0) is 4.79 Å². The lowest BCUT2D eigenvalue weighted by Gasteiger charge is -2.03. The SMILES string of the molecule is O=C(/C=C/c1c(Cl)nc2ccccn12)Nc1ccc(F)c(Cl)c1. The quantitative estimate of drug-likeness (QED) is 0.711. The van der Waals surface area contributed by atoms with Gasteiger partial charge in [0.15, 0.2) is 5.15 Å². The molecule has 3 rings (SSSR count). The summed E-state index contributed by atoms with van der Waals surface area (Å²) in [4.78, 5) is 16.1. The molecule has 2 heterocycles. The molecule has 0 spiro atoms. The van der Waals surface area contributed by atoms with Gasteiger partial charge in [-0.05, 0) is 36.4 Å². The first-order valence-electron chi connectivity index (χ1n) is 6.61. The van der Waals surface area contributed by atoms with Crippen molar-refractivity contribution in [2.24, 2.45) is 0 Å². The number of carbonyl (C=O) groups excluding carboxylic acids is 1. The lowest BCUT2D eigenvalue weighted by molar-refractivity contribution is -0.111. The molecule has 1 aromatic carbocycles. The minimum atomic E-state index is -0.544. The second kappa shape index (κ2) is 6.40. The molecule has 0 bridgehead atoms. The number of fused-ring (bicyclic) bond motifs is 1. The van der Waals surface area contributed by atoms with E-state index in [1.165, 1.54) is 24.3 Å². The number of nitrogens with one attached hydrogen (secondary N) is 1. The summed E-state index contributed by atoms with van der Waals surface area (Å²) in [5, 5.41) is 2.83. The average Bonchev–Trinajstić information content (AvgIpc) is 2.84. The van der Waals surface area contributed by atoms with Crippen LogP contribution in [0.15, 0.2) is 48.7 Å². The van der Waals surface area contributed by atoms with Crippen molar-refractivity contribution in [3.63, 3.8) is 0 Å². The van der Waals surface area contributed by atoms with Crippen molar-refractivity contribution in [2.45, 2.75) is 0 Å². The zero-order valence-corrected chi connectivity index (χ0v) is 13.1. The van der Waals surface area contributed by atoms with Crippen LogP contribution in [0.2, 0.25) is 10.2 Å². The molecular weight excluding hydrogens is 340 g/mol. The van der Waals surface area contributed by atoms with E-state index in [9.17, 15) is 9.18 Å². The molecule has 2 aromatic heterocycles. The molecule has 0 saturated heterocycles. The highest BCUT2D eigenvalue weighted by molar-refractivity contribution is 6.31. The van der Waals surface area contributed by atoms with E-state index >= 15 is 0 Å². The summed E-state index contributed by atoms with van der Waals surface area (Å²) >= 11 is 11.7. The molecule has 0 aliphatic carbocycles. The first kappa shape index (κ1) is 15.5. The Bertz CT molecular complexity index is 921. The van der Waals surface area contributed by atoms with Gasteiger partial charge >= 0.3 is 0 Å². The van der Waals surface area contributed by atoms with Crippen molar-refractivity contribution in [3.05, 3.63) is 70.4 Å². The molecule has 0 saturated carbocycles. The molecule has 1 amide bonds. The summed E-state index contributed by atoms with van der Waals surface area (Å²) in [6.07, 6.45) is 4.67. The van der Waals surface area contributed by atoms with E-state index in [1.807, 2.05) is 18.2 Å². The van der Waals surface area contributed by atoms with Crippen LogP contribution in [0.3, 0.4) is 0 Å². The highest BCUT2D eigenvalue weighted by Gasteiger charge is 2.08. The Morgan fingerprint density at radius 3 is 2.87 bits per heavy atom. The van der Waals surface area contributed by atoms with Crippen molar-refractivity contribution in [1.82, 2.24) is 9.38 Å². The number of amides is 1. The van der Waals surface area contributed by atoms with Gasteiger partial charge in [-0.1, -0.05) is 29.3 Å². The van der Waals surface area contributed by atoms with E-state index in [0.29, 0.717) is 22.2 Å². The van der Waals surface area contributed by atoms with Crippen LogP contribution in [0.5, 0.6) is 0 Å². The van der Waals surface area contributed by atoms with Gasteiger partial charge in [-0.2, -0.15) is 0 Å². The largest absolute Gasteiger partial charge is 0.322 e. The molecule has 3 aromatic rings. The van der Waals surface area contributed by atoms with Crippen molar-refractivity contribution < 1.29 is 9.18 Å². The Balaban J connectivity index is 1.80. The van der Waals surface area contributed by atoms with E-state index in [1.54, 1.807) is 16.7 Å². The van der Waals surface area contributed by atoms with Crippen LogP contribution >= 0.6 is 23.2 Å². The molecule has 1 N–H and O–H groups in total. The minimum absolute atomic E-state index is 0.0587. The number of benzene rings is 1. The smallest absolute Gasteiger partial charge is 0.248 e. The molecule has 0 fully saturated rings. The molecule has 0 atom stereocenters. The summed E-state index contributed by atoms with van der Waals surface area (Å²) in [7, 11) is 0. The Morgan fingerprint density at radius 2 is 2.09 bits per heavy atom. The van der Waals surface area contributed by atoms with Crippen LogP contribution in [0.4, 0.5) is 10.1 Å². The third-order valence-electron chi connectivity index (χ3n) is 3.10. The lowest BCUT2D eigenvalue weighted by Crippen LogP contribution is -2.07. The Kier molecular flexibility index (Phi) is 4.32. The number of nitrogens with zero attached hydrogens (tertiary/aromatic N) is 2. The van der Waals surface area contributed by atoms with Crippen LogP contribution in [0, 0.1) is 5.82 Å². The second-order valence-corrected chi connectivity index (χ2v) is 5.43. The summed E-state index contributed by atoms with van der Waals surface area (Å²) < 4.78 is 14.8. The highest BCUT2D eigenvalue weighted by atomic mass is 35.5. The van der Waals surface area contributed by atoms with Crippen LogP contribution in [0.25, 0.3) is 11.7 Å². The van der Waals surface area contributed by atoms with Gasteiger partial charge in [-0.3, -0.25) is 9.20 Å². The number of halogens is 3. The number of carbonyl (C=O) groups is 1. The van der Waals surface area contributed by atoms with Crippen LogP contribution in [-0.4, -0.2) is 15.3 Å². The molecular formula is C16H10Cl2FN3O. The normalized spacial score (nSPS) is 11.3. The summed E-state index contributed by atoms with van der Waals surface area (Å²) in [6.45, 7) is 0. The number of aromatic nitrogens is 2. The number of imidazole rings is 1.